The fourth-order valence-electron chi connectivity index (χ4n) is 1.88. The normalized spacial score (nSPS) is 10.8. The minimum absolute atomic E-state index is 0.778. The van der Waals surface area contributed by atoms with E-state index in [1.54, 1.807) is 6.33 Å². The number of nitrogens with zero attached hydrogens (tertiary/aromatic N) is 3. The van der Waals surface area contributed by atoms with Crippen LogP contribution in [0.4, 0.5) is 0 Å². The summed E-state index contributed by atoms with van der Waals surface area (Å²) in [6, 6.07) is 8.39. The van der Waals surface area contributed by atoms with Gasteiger partial charge in [-0.25, -0.2) is 9.67 Å². The molecule has 0 saturated carbocycles. The van der Waals surface area contributed by atoms with Crippen LogP contribution in [0.1, 0.15) is 30.3 Å². The van der Waals surface area contributed by atoms with Gasteiger partial charge in [0.05, 0.1) is 13.1 Å². The van der Waals surface area contributed by atoms with Gasteiger partial charge in [0.25, 0.3) is 0 Å². The van der Waals surface area contributed by atoms with Gasteiger partial charge in [-0.05, 0) is 31.0 Å². The Morgan fingerprint density at radius 1 is 1.28 bits per heavy atom. The number of hydrogen-bond donors (Lipinski definition) is 1. The molecule has 1 heterocycles. The molecule has 0 spiro atoms. The fraction of sp³-hybridized carbons (Fsp3) is 0.429. The van der Waals surface area contributed by atoms with Crippen LogP contribution < -0.4 is 5.32 Å². The first-order valence-corrected chi connectivity index (χ1v) is 6.43. The predicted octanol–water partition coefficient (Wildman–Crippen LogP) is 2.13. The van der Waals surface area contributed by atoms with Crippen molar-refractivity contribution in [3.63, 3.8) is 0 Å². The summed E-state index contributed by atoms with van der Waals surface area (Å²) in [7, 11) is 0. The molecule has 4 nitrogen and oxygen atoms in total. The molecule has 1 N–H and O–H groups in total. The largest absolute Gasteiger partial charge is 0.310 e. The zero-order valence-corrected chi connectivity index (χ0v) is 11.1. The first-order chi connectivity index (χ1) is 8.81. The second kappa shape index (κ2) is 6.31. The average molecular weight is 244 g/mol. The molecule has 1 aromatic carbocycles. The summed E-state index contributed by atoms with van der Waals surface area (Å²) in [6.45, 7) is 6.86. The van der Waals surface area contributed by atoms with Crippen LogP contribution in [0.2, 0.25) is 0 Å². The number of aryl methyl sites for hydroxylation is 1. The van der Waals surface area contributed by atoms with Crippen LogP contribution in [0, 0.1) is 6.92 Å². The van der Waals surface area contributed by atoms with E-state index in [0.717, 1.165) is 31.9 Å². The van der Waals surface area contributed by atoms with Gasteiger partial charge in [-0.2, -0.15) is 5.10 Å². The van der Waals surface area contributed by atoms with Gasteiger partial charge in [-0.3, -0.25) is 0 Å². The van der Waals surface area contributed by atoms with Crippen molar-refractivity contribution in [2.45, 2.75) is 33.4 Å². The molecule has 0 aliphatic rings. The fourth-order valence-corrected chi connectivity index (χ4v) is 1.88. The van der Waals surface area contributed by atoms with Gasteiger partial charge < -0.3 is 5.32 Å². The van der Waals surface area contributed by atoms with Crippen LogP contribution in [-0.2, 0) is 13.1 Å². The van der Waals surface area contributed by atoms with Gasteiger partial charge in [0.1, 0.15) is 12.2 Å². The summed E-state index contributed by atoms with van der Waals surface area (Å²) in [5.74, 6) is 0.992. The number of rotatable bonds is 6. The van der Waals surface area contributed by atoms with Gasteiger partial charge in [-0.1, -0.05) is 31.2 Å². The van der Waals surface area contributed by atoms with Crippen molar-refractivity contribution in [2.75, 3.05) is 6.54 Å². The van der Waals surface area contributed by atoms with Gasteiger partial charge >= 0.3 is 0 Å². The molecule has 0 saturated heterocycles. The van der Waals surface area contributed by atoms with E-state index in [-0.39, 0.29) is 0 Å². The van der Waals surface area contributed by atoms with Crippen molar-refractivity contribution >= 4 is 0 Å². The second-order valence-corrected chi connectivity index (χ2v) is 4.44. The third kappa shape index (κ3) is 3.17. The molecule has 0 aliphatic carbocycles. The van der Waals surface area contributed by atoms with E-state index in [9.17, 15) is 0 Å². The molecule has 18 heavy (non-hydrogen) atoms. The Morgan fingerprint density at radius 2 is 2.11 bits per heavy atom. The third-order valence-corrected chi connectivity index (χ3v) is 2.99. The number of benzene rings is 1. The van der Waals surface area contributed by atoms with Crippen LogP contribution in [0.3, 0.4) is 0 Å². The Hall–Kier alpha value is -1.68. The number of nitrogens with one attached hydrogen (secondary N) is 1. The summed E-state index contributed by atoms with van der Waals surface area (Å²) in [5, 5.41) is 7.65. The summed E-state index contributed by atoms with van der Waals surface area (Å²) in [4.78, 5) is 4.30. The van der Waals surface area contributed by atoms with Crippen LogP contribution >= 0.6 is 0 Å². The Morgan fingerprint density at radius 3 is 2.89 bits per heavy atom. The van der Waals surface area contributed by atoms with E-state index in [1.807, 2.05) is 4.68 Å². The average Bonchev–Trinajstić information content (AvgIpc) is 2.80. The minimum atomic E-state index is 0.778. The first-order valence-electron chi connectivity index (χ1n) is 6.43. The van der Waals surface area contributed by atoms with Crippen LogP contribution in [0.15, 0.2) is 30.6 Å². The van der Waals surface area contributed by atoms with E-state index in [0.29, 0.717) is 0 Å². The van der Waals surface area contributed by atoms with Crippen molar-refractivity contribution in [3.05, 3.63) is 47.5 Å². The highest BCUT2D eigenvalue weighted by molar-refractivity contribution is 5.25. The lowest BCUT2D eigenvalue weighted by Gasteiger charge is -2.09. The maximum Gasteiger partial charge on any atom is 0.141 e. The second-order valence-electron chi connectivity index (χ2n) is 4.44. The van der Waals surface area contributed by atoms with E-state index < -0.39 is 0 Å². The van der Waals surface area contributed by atoms with Gasteiger partial charge in [0.15, 0.2) is 0 Å². The molecule has 0 fully saturated rings. The summed E-state index contributed by atoms with van der Waals surface area (Å²) >= 11 is 0. The van der Waals surface area contributed by atoms with Crippen molar-refractivity contribution < 1.29 is 0 Å². The van der Waals surface area contributed by atoms with Crippen molar-refractivity contribution in [1.29, 1.82) is 0 Å². The molecule has 2 rings (SSSR count). The lowest BCUT2D eigenvalue weighted by molar-refractivity contribution is 0.582. The van der Waals surface area contributed by atoms with Crippen LogP contribution in [0.5, 0.6) is 0 Å². The van der Waals surface area contributed by atoms with Crippen molar-refractivity contribution in [3.8, 4) is 0 Å². The monoisotopic (exact) mass is 244 g/mol. The molecular formula is C14H20N4. The topological polar surface area (TPSA) is 42.7 Å². The van der Waals surface area contributed by atoms with Gasteiger partial charge in [-0.15, -0.1) is 0 Å². The first kappa shape index (κ1) is 12.8. The Balaban J connectivity index is 2.05. The van der Waals surface area contributed by atoms with E-state index >= 15 is 0 Å². The molecule has 96 valence electrons. The van der Waals surface area contributed by atoms with Crippen LogP contribution in [-0.4, -0.2) is 21.3 Å². The Kier molecular flexibility index (Phi) is 4.47. The highest BCUT2D eigenvalue weighted by Gasteiger charge is 2.05. The summed E-state index contributed by atoms with van der Waals surface area (Å²) in [5.41, 5.74) is 2.58. The molecule has 0 bridgehead atoms. The molecule has 1 aromatic heterocycles. The van der Waals surface area contributed by atoms with Gasteiger partial charge in [0, 0.05) is 0 Å². The highest BCUT2D eigenvalue weighted by Crippen LogP contribution is 2.09. The highest BCUT2D eigenvalue weighted by atomic mass is 15.3. The lowest BCUT2D eigenvalue weighted by Crippen LogP contribution is -2.18. The predicted molar refractivity (Wildman–Crippen MR) is 72.3 cm³/mol. The maximum absolute atomic E-state index is 4.30. The molecule has 0 atom stereocenters. The van der Waals surface area contributed by atoms with Crippen molar-refractivity contribution in [1.82, 2.24) is 20.1 Å². The standard InChI is InChI=1S/C14H20N4/c1-3-8-15-9-14-16-11-17-18(14)10-13-7-5-4-6-12(13)2/h4-7,11,15H,3,8-10H2,1-2H3. The van der Waals surface area contributed by atoms with Crippen LogP contribution in [0.25, 0.3) is 0 Å². The quantitative estimate of drug-likeness (QED) is 0.792. The molecule has 0 aliphatic heterocycles. The summed E-state index contributed by atoms with van der Waals surface area (Å²) in [6.07, 6.45) is 2.76. The smallest absolute Gasteiger partial charge is 0.141 e. The third-order valence-electron chi connectivity index (χ3n) is 2.99. The minimum Gasteiger partial charge on any atom is -0.310 e. The molecule has 0 amide bonds. The zero-order chi connectivity index (χ0) is 12.8. The molecule has 0 radical (unpaired) electrons. The summed E-state index contributed by atoms with van der Waals surface area (Å²) < 4.78 is 1.96. The number of aromatic nitrogens is 3. The maximum atomic E-state index is 4.30. The van der Waals surface area contributed by atoms with E-state index in [4.69, 9.17) is 0 Å². The SMILES string of the molecule is CCCNCc1ncnn1Cc1ccccc1C. The van der Waals surface area contributed by atoms with E-state index in [1.165, 1.54) is 11.1 Å². The lowest BCUT2D eigenvalue weighted by atomic mass is 10.1. The zero-order valence-electron chi connectivity index (χ0n) is 11.1. The molecular weight excluding hydrogens is 224 g/mol. The van der Waals surface area contributed by atoms with Crippen molar-refractivity contribution in [2.24, 2.45) is 0 Å². The molecule has 0 unspecified atom stereocenters. The van der Waals surface area contributed by atoms with E-state index in [2.05, 4.69) is 53.5 Å². The molecule has 4 heteroatoms. The Bertz CT molecular complexity index is 490. The Labute approximate surface area is 108 Å². The van der Waals surface area contributed by atoms with Gasteiger partial charge in [0.2, 0.25) is 0 Å². The number of hydrogen-bond acceptors (Lipinski definition) is 3. The molecule has 2 aromatic rings.